The molecular formula is C57H104O6. The summed E-state index contributed by atoms with van der Waals surface area (Å²) in [5.41, 5.74) is 0. The number of unbranched alkanes of at least 4 members (excludes halogenated alkanes) is 33. The van der Waals surface area contributed by atoms with E-state index in [0.29, 0.717) is 19.3 Å². The van der Waals surface area contributed by atoms with Crippen LogP contribution in [-0.2, 0) is 28.6 Å². The van der Waals surface area contributed by atoms with E-state index in [-0.39, 0.29) is 31.1 Å². The Hall–Kier alpha value is -2.37. The average Bonchev–Trinajstić information content (AvgIpc) is 3.28. The van der Waals surface area contributed by atoms with Crippen molar-refractivity contribution in [2.75, 3.05) is 13.2 Å². The lowest BCUT2D eigenvalue weighted by Gasteiger charge is -2.18. The topological polar surface area (TPSA) is 78.9 Å². The second-order valence-corrected chi connectivity index (χ2v) is 18.5. The van der Waals surface area contributed by atoms with Gasteiger partial charge in [0, 0.05) is 19.3 Å². The first-order valence-electron chi connectivity index (χ1n) is 27.5. The van der Waals surface area contributed by atoms with E-state index < -0.39 is 6.10 Å². The maximum Gasteiger partial charge on any atom is 0.306 e. The maximum atomic E-state index is 12.7. The Balaban J connectivity index is 4.03. The van der Waals surface area contributed by atoms with E-state index in [0.717, 1.165) is 83.5 Å². The third-order valence-corrected chi connectivity index (χ3v) is 12.2. The zero-order chi connectivity index (χ0) is 45.8. The lowest BCUT2D eigenvalue weighted by Crippen LogP contribution is -2.30. The molecule has 63 heavy (non-hydrogen) atoms. The van der Waals surface area contributed by atoms with Crippen molar-refractivity contribution in [3.05, 3.63) is 36.5 Å². The van der Waals surface area contributed by atoms with Crippen LogP contribution in [-0.4, -0.2) is 37.2 Å². The van der Waals surface area contributed by atoms with Crippen LogP contribution in [0.25, 0.3) is 0 Å². The van der Waals surface area contributed by atoms with Crippen LogP contribution >= 0.6 is 0 Å². The summed E-state index contributed by atoms with van der Waals surface area (Å²) in [5.74, 6) is -0.910. The van der Waals surface area contributed by atoms with Crippen molar-refractivity contribution in [3.63, 3.8) is 0 Å². The van der Waals surface area contributed by atoms with Gasteiger partial charge in [-0.1, -0.05) is 256 Å². The quantitative estimate of drug-likeness (QED) is 0.0262. The molecule has 0 N–H and O–H groups in total. The summed E-state index contributed by atoms with van der Waals surface area (Å²) in [6.07, 6.45) is 61.9. The Morgan fingerprint density at radius 2 is 0.619 bits per heavy atom. The fraction of sp³-hybridized carbons (Fsp3) is 0.842. The molecule has 0 radical (unpaired) electrons. The van der Waals surface area contributed by atoms with Crippen LogP contribution < -0.4 is 0 Å². The third-order valence-electron chi connectivity index (χ3n) is 12.2. The van der Waals surface area contributed by atoms with Gasteiger partial charge >= 0.3 is 17.9 Å². The Labute approximate surface area is 391 Å². The van der Waals surface area contributed by atoms with Gasteiger partial charge in [0.05, 0.1) is 0 Å². The van der Waals surface area contributed by atoms with Crippen molar-refractivity contribution >= 4 is 17.9 Å². The summed E-state index contributed by atoms with van der Waals surface area (Å²) in [6.45, 7) is 6.47. The Morgan fingerprint density at radius 3 is 0.968 bits per heavy atom. The van der Waals surface area contributed by atoms with Crippen molar-refractivity contribution in [1.29, 1.82) is 0 Å². The molecular weight excluding hydrogens is 781 g/mol. The normalized spacial score (nSPS) is 12.2. The van der Waals surface area contributed by atoms with Gasteiger partial charge in [-0.05, 0) is 51.4 Å². The van der Waals surface area contributed by atoms with Gasteiger partial charge in [-0.3, -0.25) is 14.4 Å². The van der Waals surface area contributed by atoms with Gasteiger partial charge in [-0.15, -0.1) is 0 Å². The number of carbonyl (C=O) groups excluding carboxylic acids is 3. The minimum absolute atomic E-state index is 0.0809. The number of hydrogen-bond donors (Lipinski definition) is 0. The molecule has 0 aromatic rings. The lowest BCUT2D eigenvalue weighted by atomic mass is 10.0. The first-order chi connectivity index (χ1) is 31.0. The highest BCUT2D eigenvalue weighted by Gasteiger charge is 2.19. The van der Waals surface area contributed by atoms with E-state index in [2.05, 4.69) is 57.2 Å². The molecule has 0 aromatic carbocycles. The number of hydrogen-bond acceptors (Lipinski definition) is 6. The Bertz CT molecular complexity index is 1060. The summed E-state index contributed by atoms with van der Waals surface area (Å²) in [7, 11) is 0. The molecule has 0 fully saturated rings. The van der Waals surface area contributed by atoms with Gasteiger partial charge in [0.1, 0.15) is 13.2 Å². The van der Waals surface area contributed by atoms with Crippen molar-refractivity contribution in [2.45, 2.75) is 297 Å². The predicted molar refractivity (Wildman–Crippen MR) is 270 cm³/mol. The third kappa shape index (κ3) is 50.5. The number of esters is 3. The molecule has 0 saturated carbocycles. The van der Waals surface area contributed by atoms with E-state index in [9.17, 15) is 14.4 Å². The van der Waals surface area contributed by atoms with Gasteiger partial charge < -0.3 is 14.2 Å². The lowest BCUT2D eigenvalue weighted by molar-refractivity contribution is -0.167. The minimum atomic E-state index is -0.780. The van der Waals surface area contributed by atoms with Crippen molar-refractivity contribution in [1.82, 2.24) is 0 Å². The molecule has 1 unspecified atom stereocenters. The molecule has 6 nitrogen and oxygen atoms in total. The van der Waals surface area contributed by atoms with Crippen LogP contribution in [0.1, 0.15) is 290 Å². The molecule has 0 aliphatic heterocycles. The molecule has 0 aliphatic rings. The first-order valence-corrected chi connectivity index (χ1v) is 27.5. The van der Waals surface area contributed by atoms with Crippen molar-refractivity contribution in [2.24, 2.45) is 0 Å². The van der Waals surface area contributed by atoms with E-state index >= 15 is 0 Å². The molecule has 0 rings (SSSR count). The molecule has 0 heterocycles. The summed E-state index contributed by atoms with van der Waals surface area (Å²) in [6, 6.07) is 0. The summed E-state index contributed by atoms with van der Waals surface area (Å²) in [5, 5.41) is 0. The Morgan fingerprint density at radius 1 is 0.333 bits per heavy atom. The second kappa shape index (κ2) is 52.3. The highest BCUT2D eigenvalue weighted by atomic mass is 16.6. The van der Waals surface area contributed by atoms with E-state index in [1.54, 1.807) is 0 Å². The molecule has 0 spiro atoms. The van der Waals surface area contributed by atoms with Crippen LogP contribution in [0.5, 0.6) is 0 Å². The van der Waals surface area contributed by atoms with Crippen molar-refractivity contribution in [3.8, 4) is 0 Å². The highest BCUT2D eigenvalue weighted by Crippen LogP contribution is 2.17. The van der Waals surface area contributed by atoms with Gasteiger partial charge in [0.15, 0.2) is 6.10 Å². The molecule has 6 heteroatoms. The van der Waals surface area contributed by atoms with Crippen LogP contribution in [0, 0.1) is 0 Å². The maximum absolute atomic E-state index is 12.7. The van der Waals surface area contributed by atoms with Gasteiger partial charge in [-0.2, -0.15) is 0 Å². The van der Waals surface area contributed by atoms with Gasteiger partial charge in [0.25, 0.3) is 0 Å². The molecule has 0 amide bonds. The van der Waals surface area contributed by atoms with E-state index in [1.165, 1.54) is 167 Å². The summed E-state index contributed by atoms with van der Waals surface area (Å²) in [4.78, 5) is 37.7. The number of carbonyl (C=O) groups is 3. The molecule has 0 aromatic heterocycles. The van der Waals surface area contributed by atoms with E-state index in [4.69, 9.17) is 14.2 Å². The molecule has 0 aliphatic carbocycles. The molecule has 0 bridgehead atoms. The smallest absolute Gasteiger partial charge is 0.306 e. The second-order valence-electron chi connectivity index (χ2n) is 18.5. The number of rotatable bonds is 50. The predicted octanol–water partition coefficient (Wildman–Crippen LogP) is 18.1. The largest absolute Gasteiger partial charge is 0.462 e. The SMILES string of the molecule is CC/C=C\C/C=C\C/C=C\CCCCCC(=O)OC(COC(=O)CCCCCCCC)COC(=O)CCCCCCCCCCCCCCCCCCCCCCCCCCCC. The zero-order valence-corrected chi connectivity index (χ0v) is 42.1. The van der Waals surface area contributed by atoms with Gasteiger partial charge in [0.2, 0.25) is 0 Å². The Kier molecular flexibility index (Phi) is 50.3. The summed E-state index contributed by atoms with van der Waals surface area (Å²) < 4.78 is 16.7. The molecule has 1 atom stereocenters. The minimum Gasteiger partial charge on any atom is -0.462 e. The molecule has 368 valence electrons. The van der Waals surface area contributed by atoms with Crippen LogP contribution in [0.2, 0.25) is 0 Å². The number of allylic oxidation sites excluding steroid dienone is 6. The molecule has 0 saturated heterocycles. The fourth-order valence-corrected chi connectivity index (χ4v) is 8.05. The monoisotopic (exact) mass is 885 g/mol. The van der Waals surface area contributed by atoms with Crippen LogP contribution in [0.4, 0.5) is 0 Å². The standard InChI is InChI=1S/C57H104O6/c1-4-7-10-13-16-18-20-22-23-24-25-26-27-28-29-30-31-32-33-34-36-37-39-41-44-47-50-56(59)62-53-54(52-61-55(58)49-46-43-15-12-9-6-3)63-57(60)51-48-45-42-40-38-35-21-19-17-14-11-8-5-2/h8,11,17,19,35,38,54H,4-7,9-10,12-16,18,20-34,36-37,39-53H2,1-3H3/b11-8-,19-17-,38-35-. The average molecular weight is 885 g/mol. The first kappa shape index (κ1) is 60.6. The van der Waals surface area contributed by atoms with Crippen LogP contribution in [0.3, 0.4) is 0 Å². The number of ether oxygens (including phenoxy) is 3. The summed E-state index contributed by atoms with van der Waals surface area (Å²) >= 11 is 0. The van der Waals surface area contributed by atoms with E-state index in [1.807, 2.05) is 0 Å². The van der Waals surface area contributed by atoms with Gasteiger partial charge in [-0.25, -0.2) is 0 Å². The van der Waals surface area contributed by atoms with Crippen LogP contribution in [0.15, 0.2) is 36.5 Å². The zero-order valence-electron chi connectivity index (χ0n) is 42.1. The highest BCUT2D eigenvalue weighted by molar-refractivity contribution is 5.71. The van der Waals surface area contributed by atoms with Crippen molar-refractivity contribution < 1.29 is 28.6 Å². The fourth-order valence-electron chi connectivity index (χ4n) is 8.05.